The van der Waals surface area contributed by atoms with Crippen LogP contribution < -0.4 is 5.73 Å². The van der Waals surface area contributed by atoms with Gasteiger partial charge >= 0.3 is 0 Å². The van der Waals surface area contributed by atoms with Crippen molar-refractivity contribution in [2.75, 3.05) is 6.54 Å². The van der Waals surface area contributed by atoms with E-state index < -0.39 is 0 Å². The molecule has 0 fully saturated rings. The zero-order valence-corrected chi connectivity index (χ0v) is 10.5. The average molecular weight is 209 g/mol. The molecule has 0 radical (unpaired) electrons. The highest BCUT2D eigenvalue weighted by Gasteiger charge is 2.19. The van der Waals surface area contributed by atoms with Crippen LogP contribution in [0.2, 0.25) is 0 Å². The van der Waals surface area contributed by atoms with Gasteiger partial charge in [0.15, 0.2) is 0 Å². The van der Waals surface area contributed by atoms with Gasteiger partial charge in [-0.25, -0.2) is 0 Å². The molecule has 1 atom stereocenters. The van der Waals surface area contributed by atoms with Gasteiger partial charge in [-0.2, -0.15) is 5.10 Å². The summed E-state index contributed by atoms with van der Waals surface area (Å²) in [6, 6.07) is 0.323. The lowest BCUT2D eigenvalue weighted by Gasteiger charge is -2.21. The molecule has 0 bridgehead atoms. The lowest BCUT2D eigenvalue weighted by Crippen LogP contribution is -2.26. The standard InChI is InChI=1S/C12H23N3/c1-6-11-9(4)14-15(10(11)5)12(7-13)8(2)3/h8,12H,6-7,13H2,1-5H3. The number of nitrogens with two attached hydrogens (primary N) is 1. The third-order valence-electron chi connectivity index (χ3n) is 3.15. The molecule has 0 saturated heterocycles. The van der Waals surface area contributed by atoms with E-state index in [-0.39, 0.29) is 0 Å². The van der Waals surface area contributed by atoms with Crippen molar-refractivity contribution in [1.29, 1.82) is 0 Å². The molecule has 1 rings (SSSR count). The largest absolute Gasteiger partial charge is 0.328 e. The Morgan fingerprint density at radius 3 is 2.27 bits per heavy atom. The van der Waals surface area contributed by atoms with E-state index >= 15 is 0 Å². The molecular formula is C12H23N3. The second kappa shape index (κ2) is 4.79. The Morgan fingerprint density at radius 2 is 1.93 bits per heavy atom. The quantitative estimate of drug-likeness (QED) is 0.826. The topological polar surface area (TPSA) is 43.8 Å². The van der Waals surface area contributed by atoms with Gasteiger partial charge in [0.25, 0.3) is 0 Å². The maximum atomic E-state index is 5.81. The maximum Gasteiger partial charge on any atom is 0.0667 e. The van der Waals surface area contributed by atoms with Crippen molar-refractivity contribution in [1.82, 2.24) is 9.78 Å². The van der Waals surface area contributed by atoms with Crippen LogP contribution in [0.1, 0.15) is 43.8 Å². The summed E-state index contributed by atoms with van der Waals surface area (Å²) >= 11 is 0. The fourth-order valence-corrected chi connectivity index (χ4v) is 2.19. The van der Waals surface area contributed by atoms with E-state index in [1.165, 1.54) is 11.3 Å². The molecule has 0 aliphatic heterocycles. The zero-order valence-electron chi connectivity index (χ0n) is 10.5. The summed E-state index contributed by atoms with van der Waals surface area (Å²) in [6.07, 6.45) is 1.05. The minimum atomic E-state index is 0.323. The highest BCUT2D eigenvalue weighted by atomic mass is 15.3. The normalized spacial score (nSPS) is 13.5. The van der Waals surface area contributed by atoms with Gasteiger partial charge in [0.1, 0.15) is 0 Å². The fraction of sp³-hybridized carbons (Fsp3) is 0.750. The van der Waals surface area contributed by atoms with E-state index in [4.69, 9.17) is 5.73 Å². The molecular weight excluding hydrogens is 186 g/mol. The van der Waals surface area contributed by atoms with E-state index in [0.717, 1.165) is 12.1 Å². The molecule has 3 heteroatoms. The van der Waals surface area contributed by atoms with Gasteiger partial charge in [0.2, 0.25) is 0 Å². The highest BCUT2D eigenvalue weighted by molar-refractivity contribution is 5.24. The fourth-order valence-electron chi connectivity index (χ4n) is 2.19. The minimum absolute atomic E-state index is 0.323. The number of hydrogen-bond acceptors (Lipinski definition) is 2. The molecule has 1 heterocycles. The lowest BCUT2D eigenvalue weighted by atomic mass is 10.0. The summed E-state index contributed by atoms with van der Waals surface area (Å²) in [5.41, 5.74) is 9.61. The van der Waals surface area contributed by atoms with Crippen LogP contribution in [0.3, 0.4) is 0 Å². The van der Waals surface area contributed by atoms with Crippen molar-refractivity contribution in [3.05, 3.63) is 17.0 Å². The van der Waals surface area contributed by atoms with Crippen molar-refractivity contribution in [2.24, 2.45) is 11.7 Å². The SMILES string of the molecule is CCc1c(C)nn(C(CN)C(C)C)c1C. The van der Waals surface area contributed by atoms with Crippen LogP contribution in [0.25, 0.3) is 0 Å². The Morgan fingerprint density at radius 1 is 1.33 bits per heavy atom. The Balaban J connectivity index is 3.13. The van der Waals surface area contributed by atoms with Gasteiger partial charge in [0, 0.05) is 12.2 Å². The molecule has 0 saturated carbocycles. The molecule has 0 aliphatic carbocycles. The first-order chi connectivity index (χ1) is 7.02. The Labute approximate surface area is 92.7 Å². The number of rotatable bonds is 4. The molecule has 2 N–H and O–H groups in total. The number of aryl methyl sites for hydroxylation is 1. The molecule has 86 valence electrons. The van der Waals surface area contributed by atoms with Gasteiger partial charge in [-0.3, -0.25) is 4.68 Å². The molecule has 15 heavy (non-hydrogen) atoms. The summed E-state index contributed by atoms with van der Waals surface area (Å²) in [6.45, 7) is 11.4. The van der Waals surface area contributed by atoms with Crippen molar-refractivity contribution in [2.45, 2.75) is 47.1 Å². The molecule has 0 aliphatic rings. The van der Waals surface area contributed by atoms with E-state index in [9.17, 15) is 0 Å². The molecule has 0 aromatic carbocycles. The molecule has 0 spiro atoms. The van der Waals surface area contributed by atoms with Gasteiger partial charge < -0.3 is 5.73 Å². The van der Waals surface area contributed by atoms with Gasteiger partial charge in [-0.05, 0) is 31.7 Å². The van der Waals surface area contributed by atoms with Crippen LogP contribution in [-0.4, -0.2) is 16.3 Å². The Hall–Kier alpha value is -0.830. The highest BCUT2D eigenvalue weighted by Crippen LogP contribution is 2.22. The molecule has 0 amide bonds. The van der Waals surface area contributed by atoms with Gasteiger partial charge in [-0.15, -0.1) is 0 Å². The van der Waals surface area contributed by atoms with Crippen LogP contribution in [0.4, 0.5) is 0 Å². The van der Waals surface area contributed by atoms with E-state index in [1.807, 2.05) is 0 Å². The van der Waals surface area contributed by atoms with E-state index in [1.54, 1.807) is 0 Å². The van der Waals surface area contributed by atoms with Crippen LogP contribution in [-0.2, 0) is 6.42 Å². The molecule has 1 aromatic rings. The average Bonchev–Trinajstić information content (AvgIpc) is 2.43. The molecule has 1 aromatic heterocycles. The van der Waals surface area contributed by atoms with E-state index in [0.29, 0.717) is 18.5 Å². The second-order valence-electron chi connectivity index (χ2n) is 4.49. The van der Waals surface area contributed by atoms with Crippen LogP contribution >= 0.6 is 0 Å². The minimum Gasteiger partial charge on any atom is -0.328 e. The Kier molecular flexibility index (Phi) is 3.91. The summed E-state index contributed by atoms with van der Waals surface area (Å²) < 4.78 is 2.11. The first-order valence-electron chi connectivity index (χ1n) is 5.77. The number of nitrogens with zero attached hydrogens (tertiary/aromatic N) is 2. The predicted molar refractivity (Wildman–Crippen MR) is 64.0 cm³/mol. The summed E-state index contributed by atoms with van der Waals surface area (Å²) in [5.74, 6) is 0.526. The summed E-state index contributed by atoms with van der Waals surface area (Å²) in [4.78, 5) is 0. The second-order valence-corrected chi connectivity index (χ2v) is 4.49. The van der Waals surface area contributed by atoms with Crippen molar-refractivity contribution < 1.29 is 0 Å². The Bertz CT molecular complexity index is 326. The maximum absolute atomic E-state index is 5.81. The van der Waals surface area contributed by atoms with Gasteiger partial charge in [0.05, 0.1) is 11.7 Å². The van der Waals surface area contributed by atoms with Crippen molar-refractivity contribution in [3.63, 3.8) is 0 Å². The zero-order chi connectivity index (χ0) is 11.6. The van der Waals surface area contributed by atoms with Crippen LogP contribution in [0, 0.1) is 19.8 Å². The third kappa shape index (κ3) is 2.23. The first-order valence-corrected chi connectivity index (χ1v) is 5.77. The number of hydrogen-bond donors (Lipinski definition) is 1. The van der Waals surface area contributed by atoms with Crippen LogP contribution in [0.15, 0.2) is 0 Å². The third-order valence-corrected chi connectivity index (χ3v) is 3.15. The van der Waals surface area contributed by atoms with Crippen molar-refractivity contribution in [3.8, 4) is 0 Å². The monoisotopic (exact) mass is 209 g/mol. The molecule has 1 unspecified atom stereocenters. The summed E-state index contributed by atoms with van der Waals surface area (Å²) in [5, 5.41) is 4.61. The predicted octanol–water partition coefficient (Wildman–Crippen LogP) is 2.22. The number of aromatic nitrogens is 2. The molecule has 3 nitrogen and oxygen atoms in total. The van der Waals surface area contributed by atoms with Crippen LogP contribution in [0.5, 0.6) is 0 Å². The summed E-state index contributed by atoms with van der Waals surface area (Å²) in [7, 11) is 0. The van der Waals surface area contributed by atoms with Gasteiger partial charge in [-0.1, -0.05) is 20.8 Å². The van der Waals surface area contributed by atoms with Crippen molar-refractivity contribution >= 4 is 0 Å². The first kappa shape index (κ1) is 12.2. The van der Waals surface area contributed by atoms with E-state index in [2.05, 4.69) is 44.4 Å². The lowest BCUT2D eigenvalue weighted by molar-refractivity contribution is 0.347. The smallest absolute Gasteiger partial charge is 0.0667 e.